The molecule has 0 amide bonds. The summed E-state index contributed by atoms with van der Waals surface area (Å²) in [6, 6.07) is 8.37. The van der Waals surface area contributed by atoms with Crippen LogP contribution in [0.4, 0.5) is 0 Å². The Morgan fingerprint density at radius 2 is 2.22 bits per heavy atom. The molecule has 0 aliphatic rings. The highest BCUT2D eigenvalue weighted by molar-refractivity contribution is 7.20. The molecule has 0 saturated heterocycles. The van der Waals surface area contributed by atoms with Gasteiger partial charge in [0.2, 0.25) is 0 Å². The summed E-state index contributed by atoms with van der Waals surface area (Å²) in [4.78, 5) is 8.17. The van der Waals surface area contributed by atoms with Crippen LogP contribution in [0, 0.1) is 11.3 Å². The first kappa shape index (κ1) is 15.9. The van der Waals surface area contributed by atoms with Crippen LogP contribution in [0.2, 0.25) is 0 Å². The molecule has 118 valence electrons. The van der Waals surface area contributed by atoms with E-state index in [-0.39, 0.29) is 0 Å². The van der Waals surface area contributed by atoms with Gasteiger partial charge in [-0.05, 0) is 37.0 Å². The minimum Gasteiger partial charge on any atom is -0.339 e. The van der Waals surface area contributed by atoms with E-state index >= 15 is 0 Å². The Kier molecular flexibility index (Phi) is 4.91. The second-order valence-corrected chi connectivity index (χ2v) is 7.23. The maximum absolute atomic E-state index is 9.13. The highest BCUT2D eigenvalue weighted by Crippen LogP contribution is 2.28. The van der Waals surface area contributed by atoms with Gasteiger partial charge in [-0.3, -0.25) is 4.90 Å². The van der Waals surface area contributed by atoms with Crippen LogP contribution < -0.4 is 0 Å². The monoisotopic (exact) mass is 342 g/mol. The van der Waals surface area contributed by atoms with Crippen LogP contribution in [0.3, 0.4) is 0 Å². The lowest BCUT2D eigenvalue weighted by atomic mass is 10.3. The van der Waals surface area contributed by atoms with E-state index in [1.165, 1.54) is 10.4 Å². The number of hydrogen-bond donors (Lipinski definition) is 0. The average molecular weight is 342 g/mol. The molecule has 0 bridgehead atoms. The molecule has 4 nitrogen and oxygen atoms in total. The van der Waals surface area contributed by atoms with Gasteiger partial charge in [-0.1, -0.05) is 6.07 Å². The van der Waals surface area contributed by atoms with E-state index in [0.717, 1.165) is 36.0 Å². The summed E-state index contributed by atoms with van der Waals surface area (Å²) in [6.07, 6.45) is 2.06. The Morgan fingerprint density at radius 1 is 1.35 bits per heavy atom. The second-order valence-electron chi connectivity index (χ2n) is 5.42. The van der Waals surface area contributed by atoms with Gasteiger partial charge >= 0.3 is 0 Å². The van der Waals surface area contributed by atoms with Crippen molar-refractivity contribution < 1.29 is 0 Å². The molecule has 0 aliphatic carbocycles. The van der Waals surface area contributed by atoms with Crippen molar-refractivity contribution in [3.8, 4) is 16.0 Å². The summed E-state index contributed by atoms with van der Waals surface area (Å²) in [7, 11) is 2.08. The topological polar surface area (TPSA) is 44.9 Å². The molecule has 23 heavy (non-hydrogen) atoms. The Labute approximate surface area is 144 Å². The third kappa shape index (κ3) is 3.70. The molecule has 0 aromatic carbocycles. The predicted molar refractivity (Wildman–Crippen MR) is 95.4 cm³/mol. The maximum atomic E-state index is 9.13. The van der Waals surface area contributed by atoms with E-state index in [1.54, 1.807) is 22.7 Å². The maximum Gasteiger partial charge on any atom is 0.133 e. The van der Waals surface area contributed by atoms with Crippen LogP contribution in [0.15, 0.2) is 35.2 Å². The molecule has 0 atom stereocenters. The minimum absolute atomic E-state index is 0.726. The molecule has 0 unspecified atom stereocenters. The van der Waals surface area contributed by atoms with Gasteiger partial charge in [-0.2, -0.15) is 5.26 Å². The molecule has 3 aromatic rings. The van der Waals surface area contributed by atoms with Crippen molar-refractivity contribution in [2.45, 2.75) is 26.6 Å². The number of hydrogen-bond acceptors (Lipinski definition) is 5. The number of aryl methyl sites for hydroxylation is 1. The minimum atomic E-state index is 0.726. The van der Waals surface area contributed by atoms with Crippen LogP contribution in [-0.2, 0) is 19.6 Å². The van der Waals surface area contributed by atoms with Crippen LogP contribution in [0.25, 0.3) is 9.88 Å². The normalized spacial score (nSPS) is 11.0. The number of rotatable bonds is 6. The lowest BCUT2D eigenvalue weighted by molar-refractivity contribution is 0.316. The van der Waals surface area contributed by atoms with Crippen molar-refractivity contribution in [2.75, 3.05) is 7.05 Å². The Balaban J connectivity index is 1.64. The lowest BCUT2D eigenvalue weighted by Gasteiger charge is -2.14. The molecule has 3 aromatic heterocycles. The van der Waals surface area contributed by atoms with Crippen molar-refractivity contribution in [3.05, 3.63) is 52.1 Å². The number of thiazole rings is 1. The zero-order chi connectivity index (χ0) is 16.2. The number of nitrogens with zero attached hydrogens (tertiary/aromatic N) is 4. The van der Waals surface area contributed by atoms with Crippen molar-refractivity contribution in [1.82, 2.24) is 14.5 Å². The van der Waals surface area contributed by atoms with Crippen LogP contribution >= 0.6 is 22.7 Å². The van der Waals surface area contributed by atoms with Gasteiger partial charge < -0.3 is 4.57 Å². The molecule has 0 spiro atoms. The second kappa shape index (κ2) is 7.09. The third-order valence-electron chi connectivity index (χ3n) is 3.58. The van der Waals surface area contributed by atoms with Crippen molar-refractivity contribution in [3.63, 3.8) is 0 Å². The zero-order valence-corrected chi connectivity index (χ0v) is 14.8. The highest BCUT2D eigenvalue weighted by atomic mass is 32.1. The van der Waals surface area contributed by atoms with Crippen molar-refractivity contribution in [2.24, 2.45) is 0 Å². The van der Waals surface area contributed by atoms with Gasteiger partial charge in [0.05, 0.1) is 10.6 Å². The first-order valence-corrected chi connectivity index (χ1v) is 9.21. The average Bonchev–Trinajstić information content (AvgIpc) is 3.26. The van der Waals surface area contributed by atoms with Gasteiger partial charge in [-0.25, -0.2) is 4.98 Å². The molecule has 0 fully saturated rings. The van der Waals surface area contributed by atoms with Gasteiger partial charge in [-0.15, -0.1) is 22.7 Å². The van der Waals surface area contributed by atoms with E-state index in [4.69, 9.17) is 10.2 Å². The highest BCUT2D eigenvalue weighted by Gasteiger charge is 2.10. The van der Waals surface area contributed by atoms with Gasteiger partial charge in [0.1, 0.15) is 16.8 Å². The van der Waals surface area contributed by atoms with Crippen LogP contribution in [0.5, 0.6) is 0 Å². The number of thiophene rings is 1. The SMILES string of the molecule is CCn1cc(CN(C)Cc2csc(-c3cccs3)n2)cc1C#N. The summed E-state index contributed by atoms with van der Waals surface area (Å²) in [5.41, 5.74) is 2.99. The number of aromatic nitrogens is 2. The third-order valence-corrected chi connectivity index (χ3v) is 5.51. The fraction of sp³-hybridized carbons (Fsp3) is 0.294. The van der Waals surface area contributed by atoms with E-state index in [1.807, 2.05) is 10.6 Å². The smallest absolute Gasteiger partial charge is 0.133 e. The molecular weight excluding hydrogens is 324 g/mol. The molecule has 6 heteroatoms. The largest absolute Gasteiger partial charge is 0.339 e. The molecular formula is C17H18N4S2. The summed E-state index contributed by atoms with van der Waals surface area (Å²) in [5, 5.41) is 14.4. The Bertz CT molecular complexity index is 808. The summed E-state index contributed by atoms with van der Waals surface area (Å²) < 4.78 is 1.99. The van der Waals surface area contributed by atoms with Crippen LogP contribution in [-0.4, -0.2) is 21.5 Å². The molecule has 0 N–H and O–H groups in total. The molecule has 3 rings (SSSR count). The quantitative estimate of drug-likeness (QED) is 0.674. The van der Waals surface area contributed by atoms with E-state index in [0.29, 0.717) is 0 Å². The number of nitriles is 1. The fourth-order valence-electron chi connectivity index (χ4n) is 2.55. The van der Waals surface area contributed by atoms with Crippen molar-refractivity contribution >= 4 is 22.7 Å². The Hall–Kier alpha value is -1.94. The summed E-state index contributed by atoms with van der Waals surface area (Å²) in [5.74, 6) is 0. The van der Waals surface area contributed by atoms with Gasteiger partial charge in [0.15, 0.2) is 0 Å². The summed E-state index contributed by atoms with van der Waals surface area (Å²) >= 11 is 3.42. The molecule has 3 heterocycles. The van der Waals surface area contributed by atoms with E-state index in [2.05, 4.69) is 54.0 Å². The van der Waals surface area contributed by atoms with Gasteiger partial charge in [0.25, 0.3) is 0 Å². The first-order valence-electron chi connectivity index (χ1n) is 7.45. The fourth-order valence-corrected chi connectivity index (χ4v) is 4.17. The first-order chi connectivity index (χ1) is 11.2. The Morgan fingerprint density at radius 3 is 2.87 bits per heavy atom. The molecule has 0 saturated carbocycles. The van der Waals surface area contributed by atoms with E-state index in [9.17, 15) is 0 Å². The zero-order valence-electron chi connectivity index (χ0n) is 13.2. The van der Waals surface area contributed by atoms with Crippen molar-refractivity contribution in [1.29, 1.82) is 5.26 Å². The standard InChI is InChI=1S/C17H18N4S2/c1-3-21-10-13(7-15(21)8-18)9-20(2)11-14-12-23-17(19-14)16-5-4-6-22-16/h4-7,10,12H,3,9,11H2,1-2H3. The summed E-state index contributed by atoms with van der Waals surface area (Å²) in [6.45, 7) is 4.49. The van der Waals surface area contributed by atoms with E-state index < -0.39 is 0 Å². The molecule has 0 radical (unpaired) electrons. The lowest BCUT2D eigenvalue weighted by Crippen LogP contribution is -2.17. The van der Waals surface area contributed by atoms with Crippen LogP contribution in [0.1, 0.15) is 23.9 Å². The molecule has 0 aliphatic heterocycles. The van der Waals surface area contributed by atoms with Gasteiger partial charge in [0, 0.05) is 31.2 Å². The predicted octanol–water partition coefficient (Wildman–Crippen LogP) is 4.20.